The molecule has 1 aliphatic rings. The van der Waals surface area contributed by atoms with Crippen LogP contribution in [0.4, 0.5) is 5.82 Å². The lowest BCUT2D eigenvalue weighted by Crippen LogP contribution is -2.52. The van der Waals surface area contributed by atoms with Gasteiger partial charge < -0.3 is 20.1 Å². The summed E-state index contributed by atoms with van der Waals surface area (Å²) in [6, 6.07) is 10.7. The van der Waals surface area contributed by atoms with E-state index in [1.165, 1.54) is 0 Å². The van der Waals surface area contributed by atoms with Crippen LogP contribution in [0.3, 0.4) is 0 Å². The maximum atomic E-state index is 13.1. The van der Waals surface area contributed by atoms with Gasteiger partial charge in [0.2, 0.25) is 5.91 Å². The molecule has 3 N–H and O–H groups in total. The van der Waals surface area contributed by atoms with Gasteiger partial charge in [0.25, 0.3) is 5.91 Å². The van der Waals surface area contributed by atoms with E-state index in [1.807, 2.05) is 38.3 Å². The van der Waals surface area contributed by atoms with E-state index in [1.54, 1.807) is 40.3 Å². The predicted octanol–water partition coefficient (Wildman–Crippen LogP) is 3.62. The highest BCUT2D eigenvalue weighted by Gasteiger charge is 2.27. The molecule has 3 aromatic rings. The van der Waals surface area contributed by atoms with Crippen molar-refractivity contribution in [2.75, 3.05) is 18.5 Å². The summed E-state index contributed by atoms with van der Waals surface area (Å²) >= 11 is 1.55. The van der Waals surface area contributed by atoms with E-state index >= 15 is 0 Å². The van der Waals surface area contributed by atoms with Gasteiger partial charge in [0.15, 0.2) is 17.8 Å². The summed E-state index contributed by atoms with van der Waals surface area (Å²) in [7, 11) is 0. The molecule has 0 spiro atoms. The number of carbonyl (C=O) groups excluding carboxylic acids is 2. The second-order valence-corrected chi connectivity index (χ2v) is 8.51. The summed E-state index contributed by atoms with van der Waals surface area (Å²) in [5, 5.41) is 15.8. The monoisotopic (exact) mass is 469 g/mol. The third-order valence-corrected chi connectivity index (χ3v) is 5.93. The topological polar surface area (TPSA) is 107 Å². The molecule has 0 saturated carbocycles. The molecule has 1 aliphatic heterocycles. The van der Waals surface area contributed by atoms with Crippen molar-refractivity contribution < 1.29 is 19.1 Å². The van der Waals surface area contributed by atoms with Crippen molar-refractivity contribution in [2.45, 2.75) is 39.5 Å². The van der Waals surface area contributed by atoms with Crippen molar-refractivity contribution in [1.82, 2.24) is 20.4 Å². The minimum Gasteiger partial charge on any atom is -0.490 e. The van der Waals surface area contributed by atoms with E-state index in [-0.39, 0.29) is 17.9 Å². The molecule has 2 unspecified atom stereocenters. The molecule has 10 heteroatoms. The van der Waals surface area contributed by atoms with E-state index in [0.29, 0.717) is 48.2 Å². The molecule has 9 nitrogen and oxygen atoms in total. The lowest BCUT2D eigenvalue weighted by molar-refractivity contribution is -0.125. The number of amides is 2. The molecular formula is C23H27N5O4S. The smallest absolute Gasteiger partial charge is 0.256 e. The Bertz CT molecular complexity index is 1130. The molecule has 1 aromatic carbocycles. The zero-order valence-electron chi connectivity index (χ0n) is 18.8. The largest absolute Gasteiger partial charge is 0.490 e. The number of aromatic nitrogens is 2. The van der Waals surface area contributed by atoms with E-state index in [2.05, 4.69) is 21.0 Å². The van der Waals surface area contributed by atoms with E-state index < -0.39 is 6.29 Å². The van der Waals surface area contributed by atoms with Crippen LogP contribution in [0.1, 0.15) is 43.8 Å². The van der Waals surface area contributed by atoms with Crippen LogP contribution in [-0.4, -0.2) is 40.9 Å². The molecule has 4 rings (SSSR count). The van der Waals surface area contributed by atoms with Crippen molar-refractivity contribution in [3.63, 3.8) is 0 Å². The van der Waals surface area contributed by atoms with Gasteiger partial charge in [-0.05, 0) is 50.4 Å². The summed E-state index contributed by atoms with van der Waals surface area (Å²) in [5.41, 5.74) is 1.12. The summed E-state index contributed by atoms with van der Waals surface area (Å²) in [4.78, 5) is 26.2. The number of thiophene rings is 1. The Morgan fingerprint density at radius 3 is 2.70 bits per heavy atom. The lowest BCUT2D eigenvalue weighted by Gasteiger charge is -2.30. The van der Waals surface area contributed by atoms with Crippen molar-refractivity contribution in [3.05, 3.63) is 47.3 Å². The van der Waals surface area contributed by atoms with Gasteiger partial charge in [-0.3, -0.25) is 14.9 Å². The molecule has 3 heterocycles. The first-order chi connectivity index (χ1) is 16.0. The van der Waals surface area contributed by atoms with Crippen LogP contribution in [0.5, 0.6) is 11.5 Å². The molecule has 1 saturated heterocycles. The summed E-state index contributed by atoms with van der Waals surface area (Å²) in [6.07, 6.45) is -0.200. The first-order valence-electron chi connectivity index (χ1n) is 10.9. The van der Waals surface area contributed by atoms with Crippen molar-refractivity contribution in [3.8, 4) is 22.1 Å². The van der Waals surface area contributed by atoms with Gasteiger partial charge in [0, 0.05) is 24.1 Å². The summed E-state index contributed by atoms with van der Waals surface area (Å²) < 4.78 is 12.8. The summed E-state index contributed by atoms with van der Waals surface area (Å²) in [6.45, 7) is 6.65. The van der Waals surface area contributed by atoms with Crippen molar-refractivity contribution in [2.24, 2.45) is 0 Å². The van der Waals surface area contributed by atoms with E-state index in [4.69, 9.17) is 9.47 Å². The molecule has 1 fully saturated rings. The number of nitrogens with one attached hydrogen (secondary N) is 3. The zero-order valence-corrected chi connectivity index (χ0v) is 19.6. The third kappa shape index (κ3) is 5.18. The lowest BCUT2D eigenvalue weighted by atomic mass is 10.2. The summed E-state index contributed by atoms with van der Waals surface area (Å²) in [5.74, 6) is 1.15. The highest BCUT2D eigenvalue weighted by molar-refractivity contribution is 7.13. The normalized spacial score (nSPS) is 18.0. The molecule has 0 aliphatic carbocycles. The average Bonchev–Trinajstić information content (AvgIpc) is 3.44. The molecule has 2 atom stereocenters. The first kappa shape index (κ1) is 22.8. The van der Waals surface area contributed by atoms with Crippen LogP contribution in [0.2, 0.25) is 0 Å². The third-order valence-electron chi connectivity index (χ3n) is 5.03. The minimum atomic E-state index is -0.579. The SMILES string of the molecule is CCOc1ccc(C(=O)Nc2cc(-c3cccs3)nn2C2NC(=O)CC(C)N2)cc1OCC. The van der Waals surface area contributed by atoms with Gasteiger partial charge in [-0.1, -0.05) is 6.07 Å². The fraction of sp³-hybridized carbons (Fsp3) is 0.348. The van der Waals surface area contributed by atoms with Gasteiger partial charge in [-0.25, -0.2) is 4.68 Å². The second kappa shape index (κ2) is 10.1. The minimum absolute atomic E-state index is 0.0263. The number of benzene rings is 1. The van der Waals surface area contributed by atoms with Crippen LogP contribution in [0, 0.1) is 0 Å². The molecule has 0 radical (unpaired) electrons. The molecule has 2 amide bonds. The second-order valence-electron chi connectivity index (χ2n) is 7.56. The quantitative estimate of drug-likeness (QED) is 0.465. The molecule has 2 aromatic heterocycles. The standard InChI is InChI=1S/C23H27N5O4S/c1-4-31-17-9-8-15(12-18(17)32-5-2)22(30)25-20-13-16(19-7-6-10-33-19)27-28(20)23-24-14(3)11-21(29)26-23/h6-10,12-14,23-24H,4-5,11H2,1-3H3,(H,25,30)(H,26,29). The Kier molecular flexibility index (Phi) is 6.95. The Labute approximate surface area is 196 Å². The Balaban J connectivity index is 1.64. The van der Waals surface area contributed by atoms with E-state index in [0.717, 1.165) is 4.88 Å². The number of carbonyl (C=O) groups is 2. The van der Waals surface area contributed by atoms with Crippen LogP contribution in [0.25, 0.3) is 10.6 Å². The number of nitrogens with zero attached hydrogens (tertiary/aromatic N) is 2. The predicted molar refractivity (Wildman–Crippen MR) is 127 cm³/mol. The van der Waals surface area contributed by atoms with E-state index in [9.17, 15) is 9.59 Å². The number of anilines is 1. The van der Waals surface area contributed by atoms with Crippen molar-refractivity contribution >= 4 is 29.0 Å². The Morgan fingerprint density at radius 1 is 1.21 bits per heavy atom. The van der Waals surface area contributed by atoms with Gasteiger partial charge in [-0.15, -0.1) is 11.3 Å². The maximum Gasteiger partial charge on any atom is 0.256 e. The maximum absolute atomic E-state index is 13.1. The van der Waals surface area contributed by atoms with Gasteiger partial charge in [0.1, 0.15) is 11.5 Å². The van der Waals surface area contributed by atoms with Crippen LogP contribution in [0.15, 0.2) is 41.8 Å². The first-order valence-corrected chi connectivity index (χ1v) is 11.8. The number of ether oxygens (including phenoxy) is 2. The molecule has 33 heavy (non-hydrogen) atoms. The van der Waals surface area contributed by atoms with Gasteiger partial charge >= 0.3 is 0 Å². The molecular weight excluding hydrogens is 442 g/mol. The average molecular weight is 470 g/mol. The number of rotatable bonds is 8. The van der Waals surface area contributed by atoms with Crippen LogP contribution in [-0.2, 0) is 4.79 Å². The molecule has 174 valence electrons. The fourth-order valence-corrected chi connectivity index (χ4v) is 4.28. The highest BCUT2D eigenvalue weighted by Crippen LogP contribution is 2.30. The highest BCUT2D eigenvalue weighted by atomic mass is 32.1. The Hall–Kier alpha value is -3.37. The van der Waals surface area contributed by atoms with Crippen LogP contribution < -0.4 is 25.4 Å². The number of hydrogen-bond acceptors (Lipinski definition) is 7. The number of hydrogen-bond donors (Lipinski definition) is 3. The fourth-order valence-electron chi connectivity index (χ4n) is 3.60. The van der Waals surface area contributed by atoms with Gasteiger partial charge in [0.05, 0.1) is 18.1 Å². The molecule has 0 bridgehead atoms. The zero-order chi connectivity index (χ0) is 23.4. The Morgan fingerprint density at radius 2 is 2.00 bits per heavy atom. The van der Waals surface area contributed by atoms with Crippen LogP contribution >= 0.6 is 11.3 Å². The van der Waals surface area contributed by atoms with Gasteiger partial charge in [-0.2, -0.15) is 5.10 Å². The van der Waals surface area contributed by atoms with Crippen molar-refractivity contribution in [1.29, 1.82) is 0 Å².